The summed E-state index contributed by atoms with van der Waals surface area (Å²) < 4.78 is 1.26. The van der Waals surface area contributed by atoms with Crippen LogP contribution in [0.5, 0.6) is 0 Å². The van der Waals surface area contributed by atoms with Crippen LogP contribution in [0.2, 0.25) is 0 Å². The quantitative estimate of drug-likeness (QED) is 0.875. The minimum Gasteiger partial charge on any atom is -0.355 e. The van der Waals surface area contributed by atoms with Crippen LogP contribution in [0.3, 0.4) is 0 Å². The summed E-state index contributed by atoms with van der Waals surface area (Å²) in [5, 5.41) is 5.87. The number of hydrogen-bond donors (Lipinski definition) is 1. The van der Waals surface area contributed by atoms with Crippen LogP contribution in [0.25, 0.3) is 10.2 Å². The molecule has 0 bridgehead atoms. The first-order valence-electron chi connectivity index (χ1n) is 7.50. The van der Waals surface area contributed by atoms with Gasteiger partial charge in [0.2, 0.25) is 0 Å². The van der Waals surface area contributed by atoms with Gasteiger partial charge in [-0.1, -0.05) is 0 Å². The Labute approximate surface area is 123 Å². The number of hydrogen-bond acceptors (Lipinski definition) is 5. The van der Waals surface area contributed by atoms with Crippen molar-refractivity contribution in [1.29, 1.82) is 0 Å². The van der Waals surface area contributed by atoms with E-state index in [0.717, 1.165) is 36.4 Å². The van der Waals surface area contributed by atoms with E-state index in [1.165, 1.54) is 36.1 Å². The highest BCUT2D eigenvalue weighted by atomic mass is 32.1. The van der Waals surface area contributed by atoms with Gasteiger partial charge >= 0.3 is 0 Å². The molecule has 4 heterocycles. The Bertz CT molecular complexity index is 623. The van der Waals surface area contributed by atoms with Crippen molar-refractivity contribution in [2.24, 2.45) is 5.92 Å². The predicted octanol–water partition coefficient (Wildman–Crippen LogP) is 2.58. The zero-order chi connectivity index (χ0) is 13.5. The first-order valence-corrected chi connectivity index (χ1v) is 8.38. The molecule has 0 aromatic carbocycles. The van der Waals surface area contributed by atoms with Crippen LogP contribution in [0, 0.1) is 12.8 Å². The molecule has 0 spiro atoms. The summed E-state index contributed by atoms with van der Waals surface area (Å²) >= 11 is 1.78. The van der Waals surface area contributed by atoms with Crippen molar-refractivity contribution in [3.8, 4) is 0 Å². The van der Waals surface area contributed by atoms with Gasteiger partial charge in [-0.05, 0) is 49.6 Å². The van der Waals surface area contributed by atoms with Crippen molar-refractivity contribution in [3.05, 3.63) is 17.3 Å². The zero-order valence-electron chi connectivity index (χ0n) is 11.8. The highest BCUT2D eigenvalue weighted by molar-refractivity contribution is 7.18. The summed E-state index contributed by atoms with van der Waals surface area (Å²) in [5.41, 5.74) is 2.40. The van der Waals surface area contributed by atoms with E-state index in [1.54, 1.807) is 17.7 Å². The van der Waals surface area contributed by atoms with Gasteiger partial charge in [0.05, 0.1) is 10.2 Å². The maximum atomic E-state index is 4.59. The number of anilines is 1. The van der Waals surface area contributed by atoms with Crippen molar-refractivity contribution in [3.63, 3.8) is 0 Å². The average Bonchev–Trinajstić information content (AvgIpc) is 2.88. The summed E-state index contributed by atoms with van der Waals surface area (Å²) in [5.74, 6) is 1.93. The highest BCUT2D eigenvalue weighted by Gasteiger charge is 2.32. The van der Waals surface area contributed by atoms with Crippen LogP contribution < -0.4 is 10.2 Å². The number of nitrogens with zero attached hydrogens (tertiary/aromatic N) is 3. The van der Waals surface area contributed by atoms with Crippen molar-refractivity contribution in [2.75, 3.05) is 24.5 Å². The summed E-state index contributed by atoms with van der Waals surface area (Å²) in [6.07, 6.45) is 5.63. The van der Waals surface area contributed by atoms with Gasteiger partial charge in [0.15, 0.2) is 0 Å². The van der Waals surface area contributed by atoms with Crippen LogP contribution in [-0.2, 0) is 0 Å². The Balaban J connectivity index is 1.66. The molecule has 2 saturated heterocycles. The maximum absolute atomic E-state index is 4.59. The van der Waals surface area contributed by atoms with Gasteiger partial charge in [-0.25, -0.2) is 9.97 Å². The van der Waals surface area contributed by atoms with Gasteiger partial charge in [0.25, 0.3) is 0 Å². The monoisotopic (exact) mass is 288 g/mol. The second-order valence-corrected chi connectivity index (χ2v) is 6.87. The highest BCUT2D eigenvalue weighted by Crippen LogP contribution is 2.34. The van der Waals surface area contributed by atoms with Crippen LogP contribution in [0.4, 0.5) is 5.82 Å². The first kappa shape index (κ1) is 12.5. The van der Waals surface area contributed by atoms with Crippen molar-refractivity contribution in [2.45, 2.75) is 32.2 Å². The number of piperidine rings is 2. The van der Waals surface area contributed by atoms with Crippen LogP contribution in [-0.4, -0.2) is 35.6 Å². The van der Waals surface area contributed by atoms with E-state index < -0.39 is 0 Å². The fourth-order valence-corrected chi connectivity index (χ4v) is 4.64. The zero-order valence-corrected chi connectivity index (χ0v) is 12.6. The Morgan fingerprint density at radius 3 is 3.25 bits per heavy atom. The van der Waals surface area contributed by atoms with E-state index in [-0.39, 0.29) is 0 Å². The smallest absolute Gasteiger partial charge is 0.150 e. The standard InChI is InChI=1S/C15H20N4S/c1-10-8-20-14-13(10)17-9-18-15(14)19-6-4-12-11(7-19)3-2-5-16-12/h8-9,11-12,16H,2-7H2,1H3. The van der Waals surface area contributed by atoms with Gasteiger partial charge in [-0.3, -0.25) is 0 Å². The Morgan fingerprint density at radius 1 is 1.35 bits per heavy atom. The lowest BCUT2D eigenvalue weighted by Crippen LogP contribution is -2.52. The molecule has 2 aromatic heterocycles. The molecule has 2 unspecified atom stereocenters. The third-order valence-corrected chi connectivity index (χ3v) is 5.79. The molecule has 0 radical (unpaired) electrons. The van der Waals surface area contributed by atoms with Gasteiger partial charge < -0.3 is 10.2 Å². The molecule has 0 aliphatic carbocycles. The topological polar surface area (TPSA) is 41.0 Å². The van der Waals surface area contributed by atoms with Gasteiger partial charge in [-0.2, -0.15) is 0 Å². The Morgan fingerprint density at radius 2 is 2.30 bits per heavy atom. The van der Waals surface area contributed by atoms with Crippen LogP contribution >= 0.6 is 11.3 Å². The summed E-state index contributed by atoms with van der Waals surface area (Å²) in [7, 11) is 0. The summed E-state index contributed by atoms with van der Waals surface area (Å²) in [6.45, 7) is 5.58. The van der Waals surface area contributed by atoms with E-state index in [0.29, 0.717) is 0 Å². The number of nitrogens with one attached hydrogen (secondary N) is 1. The fourth-order valence-electron chi connectivity index (χ4n) is 3.62. The molecule has 0 amide bonds. The lowest BCUT2D eigenvalue weighted by molar-refractivity contribution is 0.244. The molecule has 4 rings (SSSR count). The van der Waals surface area contributed by atoms with E-state index in [4.69, 9.17) is 0 Å². The second kappa shape index (κ2) is 4.97. The van der Waals surface area contributed by atoms with Crippen molar-refractivity contribution in [1.82, 2.24) is 15.3 Å². The molecule has 2 aliphatic rings. The van der Waals surface area contributed by atoms with Crippen molar-refractivity contribution >= 4 is 27.4 Å². The molecule has 2 atom stereocenters. The third-order valence-electron chi connectivity index (χ3n) is 4.70. The lowest BCUT2D eigenvalue weighted by atomic mass is 9.85. The number of rotatable bonds is 1. The molecule has 2 fully saturated rings. The summed E-state index contributed by atoms with van der Waals surface area (Å²) in [6, 6.07) is 0.724. The molecular weight excluding hydrogens is 268 g/mol. The SMILES string of the molecule is Cc1csc2c(N3CCC4NCCCC4C3)ncnc12. The molecule has 2 aromatic rings. The van der Waals surface area contributed by atoms with Gasteiger partial charge in [0.1, 0.15) is 12.1 Å². The van der Waals surface area contributed by atoms with E-state index in [9.17, 15) is 0 Å². The second-order valence-electron chi connectivity index (χ2n) is 5.99. The van der Waals surface area contributed by atoms with Crippen LogP contribution in [0.15, 0.2) is 11.7 Å². The van der Waals surface area contributed by atoms with Gasteiger partial charge in [-0.15, -0.1) is 11.3 Å². The molecule has 4 nitrogen and oxygen atoms in total. The van der Waals surface area contributed by atoms with E-state index >= 15 is 0 Å². The lowest BCUT2D eigenvalue weighted by Gasteiger charge is -2.42. The maximum Gasteiger partial charge on any atom is 0.150 e. The molecule has 106 valence electrons. The predicted molar refractivity (Wildman–Crippen MR) is 83.5 cm³/mol. The normalized spacial score (nSPS) is 26.8. The minimum atomic E-state index is 0.724. The molecule has 20 heavy (non-hydrogen) atoms. The fraction of sp³-hybridized carbons (Fsp3) is 0.600. The molecule has 2 aliphatic heterocycles. The largest absolute Gasteiger partial charge is 0.355 e. The van der Waals surface area contributed by atoms with E-state index in [2.05, 4.69) is 32.5 Å². The van der Waals surface area contributed by atoms with Gasteiger partial charge in [0, 0.05) is 19.1 Å². The van der Waals surface area contributed by atoms with Crippen molar-refractivity contribution < 1.29 is 0 Å². The third kappa shape index (κ3) is 2.00. The molecular formula is C15H20N4S. The Kier molecular flexibility index (Phi) is 3.11. The average molecular weight is 288 g/mol. The number of aromatic nitrogens is 2. The van der Waals surface area contributed by atoms with E-state index in [1.807, 2.05) is 0 Å². The number of thiophene rings is 1. The molecule has 0 saturated carbocycles. The first-order chi connectivity index (χ1) is 9.83. The molecule has 5 heteroatoms. The minimum absolute atomic E-state index is 0.724. The number of fused-ring (bicyclic) bond motifs is 2. The summed E-state index contributed by atoms with van der Waals surface area (Å²) in [4.78, 5) is 11.5. The van der Waals surface area contributed by atoms with Crippen LogP contribution in [0.1, 0.15) is 24.8 Å². The Hall–Kier alpha value is -1.20. The molecule has 1 N–H and O–H groups in total. The number of aryl methyl sites for hydroxylation is 1.